The van der Waals surface area contributed by atoms with Crippen molar-refractivity contribution in [3.8, 4) is 5.75 Å². The second kappa shape index (κ2) is 7.94. The number of benzene rings is 2. The molecule has 0 bridgehead atoms. The fourth-order valence-electron chi connectivity index (χ4n) is 2.20. The molecule has 0 N–H and O–H groups in total. The Morgan fingerprint density at radius 1 is 1.20 bits per heavy atom. The van der Waals surface area contributed by atoms with E-state index < -0.39 is 5.97 Å². The maximum atomic E-state index is 11.5. The molecule has 2 aromatic carbocycles. The van der Waals surface area contributed by atoms with Crippen molar-refractivity contribution in [1.82, 2.24) is 10.1 Å². The third-order valence-electron chi connectivity index (χ3n) is 3.42. The van der Waals surface area contributed by atoms with Crippen LogP contribution in [0.4, 0.5) is 0 Å². The van der Waals surface area contributed by atoms with Crippen LogP contribution in [0.5, 0.6) is 5.75 Å². The minimum atomic E-state index is -0.408. The first-order chi connectivity index (χ1) is 12.2. The van der Waals surface area contributed by atoms with E-state index >= 15 is 0 Å². The van der Waals surface area contributed by atoms with Crippen molar-refractivity contribution < 1.29 is 18.8 Å². The molecular formula is C18H15BrN2O4. The van der Waals surface area contributed by atoms with Gasteiger partial charge in [-0.1, -0.05) is 35.5 Å². The summed E-state index contributed by atoms with van der Waals surface area (Å²) in [7, 11) is 1.34. The number of esters is 1. The third-order valence-corrected chi connectivity index (χ3v) is 4.04. The normalized spacial score (nSPS) is 10.5. The van der Waals surface area contributed by atoms with E-state index in [9.17, 15) is 4.79 Å². The predicted molar refractivity (Wildman–Crippen MR) is 93.4 cm³/mol. The van der Waals surface area contributed by atoms with E-state index in [0.717, 1.165) is 5.56 Å². The molecule has 0 amide bonds. The molecule has 3 rings (SSSR count). The van der Waals surface area contributed by atoms with Crippen LogP contribution in [0.3, 0.4) is 0 Å². The van der Waals surface area contributed by atoms with E-state index in [0.29, 0.717) is 33.9 Å². The average molecular weight is 403 g/mol. The van der Waals surface area contributed by atoms with E-state index in [1.54, 1.807) is 18.2 Å². The molecule has 6 nitrogen and oxygen atoms in total. The van der Waals surface area contributed by atoms with Gasteiger partial charge in [-0.15, -0.1) is 0 Å². The van der Waals surface area contributed by atoms with Gasteiger partial charge in [-0.25, -0.2) is 4.79 Å². The molecule has 0 radical (unpaired) electrons. The number of ether oxygens (including phenoxy) is 2. The minimum absolute atomic E-state index is 0.137. The second-order valence-corrected chi connectivity index (χ2v) is 6.05. The average Bonchev–Trinajstić information content (AvgIpc) is 3.08. The summed E-state index contributed by atoms with van der Waals surface area (Å²) in [5.74, 6) is 1.14. The maximum Gasteiger partial charge on any atom is 0.337 e. The van der Waals surface area contributed by atoms with Gasteiger partial charge < -0.3 is 14.0 Å². The van der Waals surface area contributed by atoms with E-state index in [1.807, 2.05) is 30.3 Å². The van der Waals surface area contributed by atoms with Crippen LogP contribution >= 0.6 is 15.9 Å². The Hall–Kier alpha value is -2.67. The number of rotatable bonds is 6. The first-order valence-corrected chi connectivity index (χ1v) is 8.31. The Kier molecular flexibility index (Phi) is 5.45. The minimum Gasteiger partial charge on any atom is -0.483 e. The number of methoxy groups -OCH3 is 1. The number of nitrogens with zero attached hydrogens (tertiary/aromatic N) is 2. The zero-order chi connectivity index (χ0) is 17.6. The summed E-state index contributed by atoms with van der Waals surface area (Å²) in [6.45, 7) is 0.137. The Bertz CT molecular complexity index is 865. The summed E-state index contributed by atoms with van der Waals surface area (Å²) in [6.07, 6.45) is 0.599. The highest BCUT2D eigenvalue weighted by Gasteiger charge is 2.12. The van der Waals surface area contributed by atoms with Crippen LogP contribution in [0.25, 0.3) is 0 Å². The van der Waals surface area contributed by atoms with Crippen molar-refractivity contribution in [3.05, 3.63) is 75.8 Å². The van der Waals surface area contributed by atoms with Crippen LogP contribution in [0.15, 0.2) is 57.5 Å². The molecule has 0 aliphatic rings. The van der Waals surface area contributed by atoms with Gasteiger partial charge in [-0.2, -0.15) is 4.98 Å². The van der Waals surface area contributed by atoms with Gasteiger partial charge >= 0.3 is 5.97 Å². The molecule has 0 aliphatic heterocycles. The first-order valence-electron chi connectivity index (χ1n) is 7.52. The molecular weight excluding hydrogens is 388 g/mol. The standard InChI is InChI=1S/C18H15BrN2O4/c1-23-18(22)13-7-8-15(14(19)10-13)24-11-17-20-16(21-25-17)9-12-5-3-2-4-6-12/h2-8,10H,9,11H2,1H3. The molecule has 128 valence electrons. The van der Waals surface area contributed by atoms with Crippen LogP contribution in [-0.2, 0) is 17.8 Å². The van der Waals surface area contributed by atoms with E-state index in [4.69, 9.17) is 9.26 Å². The lowest BCUT2D eigenvalue weighted by molar-refractivity contribution is 0.0600. The van der Waals surface area contributed by atoms with Crippen LogP contribution in [0.2, 0.25) is 0 Å². The summed E-state index contributed by atoms with van der Waals surface area (Å²) in [5, 5.41) is 3.96. The Morgan fingerprint density at radius 3 is 2.72 bits per heavy atom. The summed E-state index contributed by atoms with van der Waals surface area (Å²) in [6, 6.07) is 14.8. The highest BCUT2D eigenvalue weighted by Crippen LogP contribution is 2.27. The molecule has 0 atom stereocenters. The molecule has 0 fully saturated rings. The summed E-state index contributed by atoms with van der Waals surface area (Å²) < 4.78 is 16.2. The van der Waals surface area contributed by atoms with E-state index in [1.165, 1.54) is 7.11 Å². The highest BCUT2D eigenvalue weighted by molar-refractivity contribution is 9.10. The zero-order valence-electron chi connectivity index (χ0n) is 13.4. The molecule has 1 aromatic heterocycles. The van der Waals surface area contributed by atoms with Crippen LogP contribution in [-0.4, -0.2) is 23.2 Å². The maximum absolute atomic E-state index is 11.5. The molecule has 0 spiro atoms. The summed E-state index contributed by atoms with van der Waals surface area (Å²) in [4.78, 5) is 15.8. The summed E-state index contributed by atoms with van der Waals surface area (Å²) in [5.41, 5.74) is 1.54. The van der Waals surface area contributed by atoms with Gasteiger partial charge in [-0.05, 0) is 39.7 Å². The van der Waals surface area contributed by atoms with Gasteiger partial charge in [0.15, 0.2) is 12.4 Å². The van der Waals surface area contributed by atoms with E-state index in [-0.39, 0.29) is 6.61 Å². The van der Waals surface area contributed by atoms with Crippen molar-refractivity contribution in [3.63, 3.8) is 0 Å². The molecule has 25 heavy (non-hydrogen) atoms. The van der Waals surface area contributed by atoms with Gasteiger partial charge in [-0.3, -0.25) is 0 Å². The number of carbonyl (C=O) groups excluding carboxylic acids is 1. The number of hydrogen-bond donors (Lipinski definition) is 0. The fourth-order valence-corrected chi connectivity index (χ4v) is 2.69. The van der Waals surface area contributed by atoms with Crippen LogP contribution in [0.1, 0.15) is 27.6 Å². The molecule has 0 saturated carbocycles. The topological polar surface area (TPSA) is 74.5 Å². The Morgan fingerprint density at radius 2 is 2.00 bits per heavy atom. The summed E-state index contributed by atoms with van der Waals surface area (Å²) >= 11 is 3.37. The smallest absolute Gasteiger partial charge is 0.337 e. The largest absolute Gasteiger partial charge is 0.483 e. The van der Waals surface area contributed by atoms with Gasteiger partial charge in [0, 0.05) is 6.42 Å². The predicted octanol–water partition coefficient (Wildman–Crippen LogP) is 3.79. The van der Waals surface area contributed by atoms with Crippen molar-refractivity contribution in [1.29, 1.82) is 0 Å². The Balaban J connectivity index is 1.61. The molecule has 0 unspecified atom stereocenters. The number of aromatic nitrogens is 2. The van der Waals surface area contributed by atoms with Crippen LogP contribution < -0.4 is 4.74 Å². The molecule has 0 saturated heterocycles. The Labute approximate surface area is 152 Å². The van der Waals surface area contributed by atoms with Crippen LogP contribution in [0, 0.1) is 0 Å². The van der Waals surface area contributed by atoms with E-state index in [2.05, 4.69) is 30.8 Å². The number of carbonyl (C=O) groups is 1. The van der Waals surface area contributed by atoms with Crippen molar-refractivity contribution >= 4 is 21.9 Å². The quantitative estimate of drug-likeness (QED) is 0.583. The van der Waals surface area contributed by atoms with Crippen molar-refractivity contribution in [2.24, 2.45) is 0 Å². The lowest BCUT2D eigenvalue weighted by Gasteiger charge is -2.07. The van der Waals surface area contributed by atoms with Gasteiger partial charge in [0.2, 0.25) is 0 Å². The fraction of sp³-hybridized carbons (Fsp3) is 0.167. The lowest BCUT2D eigenvalue weighted by Crippen LogP contribution is -2.02. The monoisotopic (exact) mass is 402 g/mol. The highest BCUT2D eigenvalue weighted by atomic mass is 79.9. The third kappa shape index (κ3) is 4.45. The molecule has 1 heterocycles. The SMILES string of the molecule is COC(=O)c1ccc(OCc2nc(Cc3ccccc3)no2)c(Br)c1. The number of halogens is 1. The molecule has 0 aliphatic carbocycles. The van der Waals surface area contributed by atoms with Gasteiger partial charge in [0.05, 0.1) is 17.1 Å². The first kappa shape index (κ1) is 17.2. The number of hydrogen-bond acceptors (Lipinski definition) is 6. The van der Waals surface area contributed by atoms with Gasteiger partial charge in [0.25, 0.3) is 5.89 Å². The lowest BCUT2D eigenvalue weighted by atomic mass is 10.1. The van der Waals surface area contributed by atoms with Crippen molar-refractivity contribution in [2.45, 2.75) is 13.0 Å². The molecule has 3 aromatic rings. The second-order valence-electron chi connectivity index (χ2n) is 5.19. The van der Waals surface area contributed by atoms with Crippen molar-refractivity contribution in [2.75, 3.05) is 7.11 Å². The van der Waals surface area contributed by atoms with Gasteiger partial charge in [0.1, 0.15) is 5.75 Å². The molecule has 7 heteroatoms. The zero-order valence-corrected chi connectivity index (χ0v) is 15.0.